The minimum absolute atomic E-state index is 0.0139. The van der Waals surface area contributed by atoms with Gasteiger partial charge in [0.05, 0.1) is 18.5 Å². The van der Waals surface area contributed by atoms with Crippen molar-refractivity contribution in [3.63, 3.8) is 0 Å². The monoisotopic (exact) mass is 310 g/mol. The van der Waals surface area contributed by atoms with E-state index in [0.717, 1.165) is 24.6 Å². The number of hydrogen-bond donors (Lipinski definition) is 0. The molecule has 0 atom stereocenters. The van der Waals surface area contributed by atoms with E-state index in [1.54, 1.807) is 0 Å². The van der Waals surface area contributed by atoms with Crippen LogP contribution in [0.1, 0.15) is 13.8 Å². The summed E-state index contributed by atoms with van der Waals surface area (Å²) in [6.07, 6.45) is 0.0139. The molecule has 17 heavy (non-hydrogen) atoms. The van der Waals surface area contributed by atoms with E-state index in [2.05, 4.69) is 15.9 Å². The molecule has 2 rings (SSSR count). The van der Waals surface area contributed by atoms with Crippen LogP contribution in [0.15, 0.2) is 24.3 Å². The van der Waals surface area contributed by atoms with Crippen molar-refractivity contribution in [2.75, 3.05) is 18.5 Å². The first kappa shape index (κ1) is 16.5. The lowest BCUT2D eigenvalue weighted by Gasteiger charge is -2.00. The smallest absolute Gasteiger partial charge is 0.167 e. The van der Waals surface area contributed by atoms with Gasteiger partial charge in [0, 0.05) is 6.07 Å². The minimum Gasteiger partial charge on any atom is -0.349 e. The summed E-state index contributed by atoms with van der Waals surface area (Å²) in [5.41, 5.74) is 0. The van der Waals surface area contributed by atoms with Crippen LogP contribution < -0.4 is 0 Å². The fourth-order valence-corrected chi connectivity index (χ4v) is 1.33. The van der Waals surface area contributed by atoms with Gasteiger partial charge in [-0.05, 0) is 12.1 Å². The van der Waals surface area contributed by atoms with Crippen molar-refractivity contribution in [1.82, 2.24) is 0 Å². The van der Waals surface area contributed by atoms with Crippen molar-refractivity contribution in [1.29, 1.82) is 0 Å². The fourth-order valence-electron chi connectivity index (χ4n) is 0.956. The molecule has 0 saturated carbocycles. The highest BCUT2D eigenvalue weighted by Gasteiger charge is 2.12. The van der Waals surface area contributed by atoms with Gasteiger partial charge in [0.1, 0.15) is 11.6 Å². The van der Waals surface area contributed by atoms with Gasteiger partial charge in [-0.3, -0.25) is 0 Å². The average molecular weight is 311 g/mol. The quantitative estimate of drug-likeness (QED) is 0.736. The summed E-state index contributed by atoms with van der Waals surface area (Å²) in [5, 5.41) is 0.785. The summed E-state index contributed by atoms with van der Waals surface area (Å²) >= 11 is 3.23. The Morgan fingerprint density at radius 3 is 1.88 bits per heavy atom. The Hall–Kier alpha value is -0.520. The average Bonchev–Trinajstić information content (AvgIpc) is 2.85. The second-order valence-electron chi connectivity index (χ2n) is 2.77. The Kier molecular flexibility index (Phi) is 10.3. The van der Waals surface area contributed by atoms with E-state index < -0.39 is 11.6 Å². The zero-order valence-corrected chi connectivity index (χ0v) is 11.5. The number of halogens is 3. The molecule has 1 heterocycles. The molecule has 2 nitrogen and oxygen atoms in total. The first-order valence-corrected chi connectivity index (χ1v) is 6.55. The summed E-state index contributed by atoms with van der Waals surface area (Å²) in [7, 11) is 0. The third-order valence-electron chi connectivity index (χ3n) is 1.60. The molecule has 0 aliphatic carbocycles. The van der Waals surface area contributed by atoms with E-state index in [1.165, 1.54) is 18.2 Å². The first-order valence-electron chi connectivity index (χ1n) is 5.42. The Bertz CT molecular complexity index is 274. The van der Waals surface area contributed by atoms with Crippen LogP contribution in [0.4, 0.5) is 8.78 Å². The second-order valence-corrected chi connectivity index (χ2v) is 3.41. The minimum atomic E-state index is -0.537. The Labute approximate surface area is 109 Å². The van der Waals surface area contributed by atoms with E-state index in [0.29, 0.717) is 0 Å². The molecule has 1 aromatic rings. The molecule has 0 spiro atoms. The predicted octanol–water partition coefficient (Wildman–Crippen LogP) is 3.75. The van der Waals surface area contributed by atoms with Crippen LogP contribution in [0.3, 0.4) is 0 Å². The molecular weight excluding hydrogens is 294 g/mol. The third-order valence-corrected chi connectivity index (χ3v) is 2.13. The maximum absolute atomic E-state index is 11.9. The van der Waals surface area contributed by atoms with Crippen molar-refractivity contribution in [2.45, 2.75) is 20.1 Å². The summed E-state index contributed by atoms with van der Waals surface area (Å²) in [6.45, 7) is 5.49. The van der Waals surface area contributed by atoms with Crippen LogP contribution in [0.5, 0.6) is 0 Å². The highest BCUT2D eigenvalue weighted by molar-refractivity contribution is 9.09. The van der Waals surface area contributed by atoms with E-state index in [4.69, 9.17) is 9.47 Å². The zero-order chi connectivity index (χ0) is 13.1. The molecule has 1 saturated heterocycles. The molecule has 0 radical (unpaired) electrons. The largest absolute Gasteiger partial charge is 0.349 e. The zero-order valence-electron chi connectivity index (χ0n) is 9.96. The van der Waals surface area contributed by atoms with Gasteiger partial charge in [-0.2, -0.15) is 0 Å². The predicted molar refractivity (Wildman–Crippen MR) is 67.2 cm³/mol. The van der Waals surface area contributed by atoms with Crippen molar-refractivity contribution in [3.8, 4) is 0 Å². The van der Waals surface area contributed by atoms with Gasteiger partial charge in [-0.1, -0.05) is 35.8 Å². The molecule has 1 aromatic carbocycles. The van der Waals surface area contributed by atoms with Gasteiger partial charge in [0.15, 0.2) is 6.29 Å². The number of alkyl halides is 1. The van der Waals surface area contributed by atoms with Crippen LogP contribution in [0, 0.1) is 11.6 Å². The van der Waals surface area contributed by atoms with E-state index in [9.17, 15) is 8.78 Å². The molecule has 0 unspecified atom stereocenters. The Morgan fingerprint density at radius 2 is 1.65 bits per heavy atom. The van der Waals surface area contributed by atoms with Gasteiger partial charge in [-0.15, -0.1) is 0 Å². The number of ether oxygens (including phenoxy) is 2. The van der Waals surface area contributed by atoms with Crippen molar-refractivity contribution < 1.29 is 18.3 Å². The van der Waals surface area contributed by atoms with Crippen LogP contribution in [0.2, 0.25) is 0 Å². The maximum atomic E-state index is 11.9. The Morgan fingerprint density at radius 1 is 1.18 bits per heavy atom. The molecule has 0 bridgehead atoms. The van der Waals surface area contributed by atoms with Crippen LogP contribution in [0.25, 0.3) is 0 Å². The van der Waals surface area contributed by atoms with Gasteiger partial charge in [0.25, 0.3) is 0 Å². The highest BCUT2D eigenvalue weighted by Crippen LogP contribution is 2.04. The second kappa shape index (κ2) is 10.6. The molecule has 1 aliphatic rings. The lowest BCUT2D eigenvalue weighted by Crippen LogP contribution is -2.07. The van der Waals surface area contributed by atoms with E-state index in [1.807, 2.05) is 13.8 Å². The van der Waals surface area contributed by atoms with E-state index >= 15 is 0 Å². The first-order chi connectivity index (χ1) is 8.22. The van der Waals surface area contributed by atoms with Crippen molar-refractivity contribution in [2.24, 2.45) is 0 Å². The Balaban J connectivity index is 0.000000265. The maximum Gasteiger partial charge on any atom is 0.167 e. The topological polar surface area (TPSA) is 18.5 Å². The fraction of sp³-hybridized carbons (Fsp3) is 0.500. The van der Waals surface area contributed by atoms with Crippen molar-refractivity contribution in [3.05, 3.63) is 35.9 Å². The molecule has 0 aromatic heterocycles. The van der Waals surface area contributed by atoms with Crippen LogP contribution in [-0.4, -0.2) is 24.8 Å². The SMILES string of the molecule is BrCC1OCCO1.CC.Fc1cccc(F)c1. The van der Waals surface area contributed by atoms with Gasteiger partial charge >= 0.3 is 0 Å². The number of benzene rings is 1. The number of rotatable bonds is 1. The molecular formula is C12H17BrF2O2. The van der Waals surface area contributed by atoms with Crippen molar-refractivity contribution >= 4 is 15.9 Å². The normalized spacial score (nSPS) is 14.4. The molecule has 0 N–H and O–H groups in total. The summed E-state index contributed by atoms with van der Waals surface area (Å²) < 4.78 is 33.9. The molecule has 98 valence electrons. The lowest BCUT2D eigenvalue weighted by atomic mass is 10.3. The lowest BCUT2D eigenvalue weighted by molar-refractivity contribution is -0.0205. The standard InChI is InChI=1S/C6H4F2.C4H7BrO2.C2H6/c7-5-2-1-3-6(8)4-5;5-3-4-6-1-2-7-4;1-2/h1-4H;4H,1-3H2;1-2H3. The van der Waals surface area contributed by atoms with Gasteiger partial charge in [-0.25, -0.2) is 8.78 Å². The molecule has 0 amide bonds. The molecule has 5 heteroatoms. The third kappa shape index (κ3) is 8.24. The summed E-state index contributed by atoms with van der Waals surface area (Å²) in [6, 6.07) is 4.55. The summed E-state index contributed by atoms with van der Waals surface area (Å²) in [4.78, 5) is 0. The van der Waals surface area contributed by atoms with Crippen LogP contribution >= 0.6 is 15.9 Å². The summed E-state index contributed by atoms with van der Waals surface area (Å²) in [5.74, 6) is -1.07. The van der Waals surface area contributed by atoms with Gasteiger partial charge in [0.2, 0.25) is 0 Å². The van der Waals surface area contributed by atoms with Gasteiger partial charge < -0.3 is 9.47 Å². The van der Waals surface area contributed by atoms with E-state index in [-0.39, 0.29) is 6.29 Å². The molecule has 1 aliphatic heterocycles. The number of hydrogen-bond acceptors (Lipinski definition) is 2. The van der Waals surface area contributed by atoms with Crippen LogP contribution in [-0.2, 0) is 9.47 Å². The molecule has 1 fully saturated rings. The highest BCUT2D eigenvalue weighted by atomic mass is 79.9.